The first-order chi connectivity index (χ1) is 5.74. The van der Waals surface area contributed by atoms with Crippen molar-refractivity contribution in [2.75, 3.05) is 6.61 Å². The monoisotopic (exact) mass is 170 g/mol. The molecule has 0 bridgehead atoms. The minimum atomic E-state index is -0.203. The van der Waals surface area contributed by atoms with Gasteiger partial charge < -0.3 is 4.74 Å². The van der Waals surface area contributed by atoms with Crippen LogP contribution in [-0.2, 0) is 14.3 Å². The third-order valence-corrected chi connectivity index (χ3v) is 2.10. The Morgan fingerprint density at radius 1 is 1.67 bits per heavy atom. The quantitative estimate of drug-likeness (QED) is 0.587. The number of hydrogen-bond donors (Lipinski definition) is 0. The Morgan fingerprint density at radius 3 is 3.00 bits per heavy atom. The van der Waals surface area contributed by atoms with Crippen LogP contribution in [0.4, 0.5) is 0 Å². The maximum atomic E-state index is 11.2. The fraction of sp³-hybridized carbons (Fsp3) is 0.778. The average molecular weight is 170 g/mol. The van der Waals surface area contributed by atoms with Gasteiger partial charge in [-0.1, -0.05) is 0 Å². The molecule has 0 aromatic carbocycles. The second-order valence-corrected chi connectivity index (χ2v) is 3.08. The van der Waals surface area contributed by atoms with E-state index in [-0.39, 0.29) is 17.7 Å². The van der Waals surface area contributed by atoms with E-state index < -0.39 is 0 Å². The van der Waals surface area contributed by atoms with Gasteiger partial charge in [-0.3, -0.25) is 9.59 Å². The number of carbonyl (C=O) groups excluding carboxylic acids is 2. The summed E-state index contributed by atoms with van der Waals surface area (Å²) < 4.78 is 4.84. The molecule has 1 rings (SSSR count). The van der Waals surface area contributed by atoms with Crippen molar-refractivity contribution in [2.45, 2.75) is 32.6 Å². The smallest absolute Gasteiger partial charge is 0.309 e. The lowest BCUT2D eigenvalue weighted by molar-refractivity contribution is -0.150. The Balaban J connectivity index is 2.40. The van der Waals surface area contributed by atoms with Crippen molar-refractivity contribution in [3.8, 4) is 0 Å². The van der Waals surface area contributed by atoms with Crippen molar-refractivity contribution in [2.24, 2.45) is 5.92 Å². The Kier molecular flexibility index (Phi) is 3.26. The summed E-state index contributed by atoms with van der Waals surface area (Å²) >= 11 is 0. The first-order valence-electron chi connectivity index (χ1n) is 4.42. The maximum Gasteiger partial charge on any atom is 0.309 e. The molecule has 3 heteroatoms. The topological polar surface area (TPSA) is 43.4 Å². The number of ether oxygens (including phenoxy) is 1. The molecular weight excluding hydrogens is 156 g/mol. The molecule has 0 unspecified atom stereocenters. The summed E-state index contributed by atoms with van der Waals surface area (Å²) in [6, 6.07) is 0. The van der Waals surface area contributed by atoms with E-state index in [0.29, 0.717) is 19.4 Å². The largest absolute Gasteiger partial charge is 0.466 e. The minimum absolute atomic E-state index is 0.161. The Bertz CT molecular complexity index is 186. The normalized spacial score (nSPS) is 23.8. The van der Waals surface area contributed by atoms with E-state index in [1.807, 2.05) is 0 Å². The standard InChI is InChI=1S/C9H14O3/c1-2-12-9(11)7-4-3-5-8(10)6-7/h7H,2-6H2,1H3/t7-/m1/s1. The predicted molar refractivity (Wildman–Crippen MR) is 43.6 cm³/mol. The molecule has 3 nitrogen and oxygen atoms in total. The first kappa shape index (κ1) is 9.23. The third kappa shape index (κ3) is 2.32. The lowest BCUT2D eigenvalue weighted by Crippen LogP contribution is -2.24. The van der Waals surface area contributed by atoms with Crippen molar-refractivity contribution in [3.63, 3.8) is 0 Å². The number of ketones is 1. The Hall–Kier alpha value is -0.860. The molecule has 12 heavy (non-hydrogen) atoms. The van der Waals surface area contributed by atoms with Gasteiger partial charge in [0.25, 0.3) is 0 Å². The second-order valence-electron chi connectivity index (χ2n) is 3.08. The number of esters is 1. The van der Waals surface area contributed by atoms with Crippen LogP contribution >= 0.6 is 0 Å². The van der Waals surface area contributed by atoms with Crippen molar-refractivity contribution >= 4 is 11.8 Å². The van der Waals surface area contributed by atoms with Gasteiger partial charge in [-0.2, -0.15) is 0 Å². The Labute approximate surface area is 72.1 Å². The van der Waals surface area contributed by atoms with Crippen molar-refractivity contribution in [1.82, 2.24) is 0 Å². The minimum Gasteiger partial charge on any atom is -0.466 e. The predicted octanol–water partition coefficient (Wildman–Crippen LogP) is 1.31. The van der Waals surface area contributed by atoms with E-state index in [9.17, 15) is 9.59 Å². The van der Waals surface area contributed by atoms with Crippen LogP contribution in [0.15, 0.2) is 0 Å². The molecule has 0 saturated heterocycles. The van der Waals surface area contributed by atoms with Gasteiger partial charge in [0.2, 0.25) is 0 Å². The summed E-state index contributed by atoms with van der Waals surface area (Å²) in [5.74, 6) is -0.170. The number of Topliss-reactive ketones (excluding diaryl/α,β-unsaturated/α-hetero) is 1. The fourth-order valence-corrected chi connectivity index (χ4v) is 1.49. The van der Waals surface area contributed by atoms with E-state index in [2.05, 4.69) is 0 Å². The third-order valence-electron chi connectivity index (χ3n) is 2.10. The van der Waals surface area contributed by atoms with Crippen LogP contribution in [0.2, 0.25) is 0 Å². The summed E-state index contributed by atoms with van der Waals surface area (Å²) in [6.07, 6.45) is 2.67. The van der Waals surface area contributed by atoms with Crippen LogP contribution < -0.4 is 0 Å². The van der Waals surface area contributed by atoms with Gasteiger partial charge >= 0.3 is 5.97 Å². The molecule has 0 aromatic rings. The molecule has 0 heterocycles. The van der Waals surface area contributed by atoms with Crippen molar-refractivity contribution in [1.29, 1.82) is 0 Å². The molecule has 1 saturated carbocycles. The van der Waals surface area contributed by atoms with Crippen LogP contribution in [0.1, 0.15) is 32.6 Å². The highest BCUT2D eigenvalue weighted by Gasteiger charge is 2.26. The van der Waals surface area contributed by atoms with Gasteiger partial charge in [0, 0.05) is 12.8 Å². The van der Waals surface area contributed by atoms with Crippen LogP contribution in [0.3, 0.4) is 0 Å². The summed E-state index contributed by atoms with van der Waals surface area (Å²) in [7, 11) is 0. The zero-order valence-electron chi connectivity index (χ0n) is 7.34. The molecular formula is C9H14O3. The zero-order valence-corrected chi connectivity index (χ0v) is 7.34. The average Bonchev–Trinajstić information content (AvgIpc) is 2.05. The lowest BCUT2D eigenvalue weighted by Gasteiger charge is -2.18. The van der Waals surface area contributed by atoms with E-state index in [1.54, 1.807) is 6.92 Å². The van der Waals surface area contributed by atoms with E-state index >= 15 is 0 Å². The number of rotatable bonds is 2. The van der Waals surface area contributed by atoms with Crippen LogP contribution in [-0.4, -0.2) is 18.4 Å². The molecule has 1 aliphatic carbocycles. The fourth-order valence-electron chi connectivity index (χ4n) is 1.49. The van der Waals surface area contributed by atoms with Crippen LogP contribution in [0.5, 0.6) is 0 Å². The highest BCUT2D eigenvalue weighted by molar-refractivity contribution is 5.85. The summed E-state index contributed by atoms with van der Waals surface area (Å²) in [5, 5.41) is 0. The van der Waals surface area contributed by atoms with E-state index in [4.69, 9.17) is 4.74 Å². The molecule has 1 atom stereocenters. The molecule has 0 N–H and O–H groups in total. The molecule has 0 aromatic heterocycles. The highest BCUT2D eigenvalue weighted by atomic mass is 16.5. The molecule has 0 radical (unpaired) electrons. The zero-order chi connectivity index (χ0) is 8.97. The van der Waals surface area contributed by atoms with Crippen molar-refractivity contribution < 1.29 is 14.3 Å². The van der Waals surface area contributed by atoms with E-state index in [0.717, 1.165) is 12.8 Å². The molecule has 1 fully saturated rings. The number of hydrogen-bond acceptors (Lipinski definition) is 3. The lowest BCUT2D eigenvalue weighted by atomic mass is 9.88. The van der Waals surface area contributed by atoms with E-state index in [1.165, 1.54) is 0 Å². The molecule has 0 spiro atoms. The molecule has 68 valence electrons. The maximum absolute atomic E-state index is 11.2. The number of carbonyl (C=O) groups is 2. The van der Waals surface area contributed by atoms with Gasteiger partial charge in [-0.05, 0) is 19.8 Å². The van der Waals surface area contributed by atoms with Gasteiger partial charge in [-0.15, -0.1) is 0 Å². The molecule has 0 amide bonds. The van der Waals surface area contributed by atoms with Crippen LogP contribution in [0.25, 0.3) is 0 Å². The van der Waals surface area contributed by atoms with Crippen molar-refractivity contribution in [3.05, 3.63) is 0 Å². The summed E-state index contributed by atoms with van der Waals surface area (Å²) in [5.41, 5.74) is 0. The van der Waals surface area contributed by atoms with Gasteiger partial charge in [0.1, 0.15) is 5.78 Å². The van der Waals surface area contributed by atoms with Gasteiger partial charge in [0.05, 0.1) is 12.5 Å². The highest BCUT2D eigenvalue weighted by Crippen LogP contribution is 2.22. The Morgan fingerprint density at radius 2 is 2.42 bits per heavy atom. The molecule has 1 aliphatic rings. The summed E-state index contributed by atoms with van der Waals surface area (Å²) in [6.45, 7) is 2.19. The first-order valence-corrected chi connectivity index (χ1v) is 4.42. The summed E-state index contributed by atoms with van der Waals surface area (Å²) in [4.78, 5) is 22.1. The SMILES string of the molecule is CCOC(=O)[C@@H]1CCCC(=O)C1. The molecule has 0 aliphatic heterocycles. The van der Waals surface area contributed by atoms with Gasteiger partial charge in [-0.25, -0.2) is 0 Å². The second kappa shape index (κ2) is 4.24. The van der Waals surface area contributed by atoms with Crippen LogP contribution in [0, 0.1) is 5.92 Å². The van der Waals surface area contributed by atoms with Gasteiger partial charge in [0.15, 0.2) is 0 Å².